The van der Waals surface area contributed by atoms with Crippen LogP contribution in [0.4, 0.5) is 0 Å². The number of rotatable bonds is 5. The standard InChI is InChI=1S/C16H25NO2/c1-11(18)9-14(17-5)13-10-12(16(2,3)4)7-8-15(13)19-6/h7-8,10,14,17H,9H2,1-6H3. The van der Waals surface area contributed by atoms with Crippen molar-refractivity contribution in [2.75, 3.05) is 14.2 Å². The lowest BCUT2D eigenvalue weighted by Gasteiger charge is -2.24. The average molecular weight is 263 g/mol. The van der Waals surface area contributed by atoms with Crippen LogP contribution in [0.1, 0.15) is 51.3 Å². The van der Waals surface area contributed by atoms with E-state index in [-0.39, 0.29) is 17.2 Å². The molecule has 3 heteroatoms. The maximum atomic E-state index is 11.4. The second kappa shape index (κ2) is 6.20. The summed E-state index contributed by atoms with van der Waals surface area (Å²) < 4.78 is 5.43. The normalized spacial score (nSPS) is 13.2. The van der Waals surface area contributed by atoms with E-state index in [0.717, 1.165) is 11.3 Å². The predicted molar refractivity (Wildman–Crippen MR) is 78.8 cm³/mol. The first kappa shape index (κ1) is 15.7. The average Bonchev–Trinajstić information content (AvgIpc) is 2.33. The van der Waals surface area contributed by atoms with Crippen LogP contribution >= 0.6 is 0 Å². The molecule has 1 aromatic rings. The molecule has 0 bridgehead atoms. The highest BCUT2D eigenvalue weighted by atomic mass is 16.5. The quantitative estimate of drug-likeness (QED) is 0.886. The van der Waals surface area contributed by atoms with Gasteiger partial charge in [0.2, 0.25) is 0 Å². The van der Waals surface area contributed by atoms with Crippen molar-refractivity contribution < 1.29 is 9.53 Å². The number of carbonyl (C=O) groups excluding carboxylic acids is 1. The van der Waals surface area contributed by atoms with Gasteiger partial charge >= 0.3 is 0 Å². The molecule has 1 aromatic carbocycles. The van der Waals surface area contributed by atoms with E-state index in [1.54, 1.807) is 14.0 Å². The maximum Gasteiger partial charge on any atom is 0.131 e. The number of nitrogens with one attached hydrogen (secondary N) is 1. The number of hydrogen-bond donors (Lipinski definition) is 1. The summed E-state index contributed by atoms with van der Waals surface area (Å²) in [6, 6.07) is 6.21. The smallest absolute Gasteiger partial charge is 0.131 e. The molecule has 1 atom stereocenters. The van der Waals surface area contributed by atoms with Crippen molar-refractivity contribution in [3.63, 3.8) is 0 Å². The Balaban J connectivity index is 3.24. The second-order valence-corrected chi connectivity index (χ2v) is 5.95. The van der Waals surface area contributed by atoms with Gasteiger partial charge in [0.05, 0.1) is 7.11 Å². The molecular weight excluding hydrogens is 238 g/mol. The van der Waals surface area contributed by atoms with Crippen LogP contribution in [0.15, 0.2) is 18.2 Å². The van der Waals surface area contributed by atoms with Gasteiger partial charge in [-0.1, -0.05) is 26.8 Å². The van der Waals surface area contributed by atoms with Gasteiger partial charge < -0.3 is 10.1 Å². The molecule has 3 nitrogen and oxygen atoms in total. The number of ketones is 1. The Morgan fingerprint density at radius 2 is 2.00 bits per heavy atom. The number of methoxy groups -OCH3 is 1. The van der Waals surface area contributed by atoms with Gasteiger partial charge in [0.25, 0.3) is 0 Å². The van der Waals surface area contributed by atoms with Gasteiger partial charge in [0, 0.05) is 18.0 Å². The third-order valence-corrected chi connectivity index (χ3v) is 3.31. The highest BCUT2D eigenvalue weighted by Crippen LogP contribution is 2.32. The first-order chi connectivity index (χ1) is 8.79. The van der Waals surface area contributed by atoms with Gasteiger partial charge in [-0.2, -0.15) is 0 Å². The lowest BCUT2D eigenvalue weighted by atomic mass is 9.84. The van der Waals surface area contributed by atoms with E-state index in [4.69, 9.17) is 4.74 Å². The van der Waals surface area contributed by atoms with Crippen molar-refractivity contribution in [1.29, 1.82) is 0 Å². The minimum atomic E-state index is -0.00486. The fraction of sp³-hybridized carbons (Fsp3) is 0.562. The third kappa shape index (κ3) is 4.06. The first-order valence-electron chi connectivity index (χ1n) is 6.64. The second-order valence-electron chi connectivity index (χ2n) is 5.95. The molecule has 19 heavy (non-hydrogen) atoms. The van der Waals surface area contributed by atoms with Crippen molar-refractivity contribution in [3.8, 4) is 5.75 Å². The van der Waals surface area contributed by atoms with Crippen LogP contribution in [0.5, 0.6) is 5.75 Å². The number of carbonyl (C=O) groups is 1. The van der Waals surface area contributed by atoms with Crippen molar-refractivity contribution in [2.45, 2.75) is 45.6 Å². The molecule has 0 saturated carbocycles. The lowest BCUT2D eigenvalue weighted by Crippen LogP contribution is -2.21. The van der Waals surface area contributed by atoms with Crippen LogP contribution in [0, 0.1) is 0 Å². The molecule has 0 heterocycles. The molecule has 0 radical (unpaired) electrons. The fourth-order valence-corrected chi connectivity index (χ4v) is 2.13. The fourth-order valence-electron chi connectivity index (χ4n) is 2.13. The summed E-state index contributed by atoms with van der Waals surface area (Å²) in [5, 5.41) is 3.20. The molecule has 0 amide bonds. The van der Waals surface area contributed by atoms with Crippen molar-refractivity contribution in [1.82, 2.24) is 5.32 Å². The number of ether oxygens (including phenoxy) is 1. The first-order valence-corrected chi connectivity index (χ1v) is 6.64. The minimum absolute atomic E-state index is 0.00486. The van der Waals surface area contributed by atoms with Gasteiger partial charge in [-0.05, 0) is 37.1 Å². The van der Waals surface area contributed by atoms with Gasteiger partial charge in [-0.15, -0.1) is 0 Å². The van der Waals surface area contributed by atoms with Gasteiger partial charge in [0.1, 0.15) is 11.5 Å². The Bertz CT molecular complexity index is 447. The van der Waals surface area contributed by atoms with E-state index in [2.05, 4.69) is 38.2 Å². The zero-order chi connectivity index (χ0) is 14.6. The summed E-state index contributed by atoms with van der Waals surface area (Å²) in [6.45, 7) is 8.15. The summed E-state index contributed by atoms with van der Waals surface area (Å²) in [5.41, 5.74) is 2.37. The van der Waals surface area contributed by atoms with Crippen LogP contribution in [0.3, 0.4) is 0 Å². The van der Waals surface area contributed by atoms with E-state index in [1.807, 2.05) is 13.1 Å². The van der Waals surface area contributed by atoms with Gasteiger partial charge in [-0.25, -0.2) is 0 Å². The third-order valence-electron chi connectivity index (χ3n) is 3.31. The zero-order valence-corrected chi connectivity index (χ0v) is 12.8. The van der Waals surface area contributed by atoms with E-state index >= 15 is 0 Å². The largest absolute Gasteiger partial charge is 0.496 e. The Hall–Kier alpha value is -1.35. The van der Waals surface area contributed by atoms with Crippen molar-refractivity contribution >= 4 is 5.78 Å². The molecule has 1 unspecified atom stereocenters. The zero-order valence-electron chi connectivity index (χ0n) is 12.8. The summed E-state index contributed by atoms with van der Waals surface area (Å²) in [7, 11) is 3.53. The summed E-state index contributed by atoms with van der Waals surface area (Å²) in [4.78, 5) is 11.4. The molecule has 0 fully saturated rings. The number of benzene rings is 1. The van der Waals surface area contributed by atoms with Crippen LogP contribution in [-0.4, -0.2) is 19.9 Å². The Morgan fingerprint density at radius 1 is 1.37 bits per heavy atom. The molecule has 0 aromatic heterocycles. The maximum absolute atomic E-state index is 11.4. The summed E-state index contributed by atoms with van der Waals surface area (Å²) in [6.07, 6.45) is 0.473. The molecule has 1 N–H and O–H groups in total. The summed E-state index contributed by atoms with van der Waals surface area (Å²) >= 11 is 0. The Morgan fingerprint density at radius 3 is 2.42 bits per heavy atom. The Labute approximate surface area is 116 Å². The summed E-state index contributed by atoms with van der Waals surface area (Å²) in [5.74, 6) is 0.996. The molecular formula is C16H25NO2. The SMILES string of the molecule is CNC(CC(C)=O)c1cc(C(C)(C)C)ccc1OC. The van der Waals surface area contributed by atoms with Crippen LogP contribution in [-0.2, 0) is 10.2 Å². The number of Topliss-reactive ketones (excluding diaryl/α,β-unsaturated/α-hetero) is 1. The van der Waals surface area contributed by atoms with E-state index < -0.39 is 0 Å². The van der Waals surface area contributed by atoms with E-state index in [1.165, 1.54) is 5.56 Å². The lowest BCUT2D eigenvalue weighted by molar-refractivity contribution is -0.117. The molecule has 0 spiro atoms. The molecule has 0 aliphatic heterocycles. The minimum Gasteiger partial charge on any atom is -0.496 e. The molecule has 0 saturated heterocycles. The van der Waals surface area contributed by atoms with Gasteiger partial charge in [-0.3, -0.25) is 4.79 Å². The van der Waals surface area contributed by atoms with Crippen LogP contribution in [0.2, 0.25) is 0 Å². The van der Waals surface area contributed by atoms with E-state index in [9.17, 15) is 4.79 Å². The predicted octanol–water partition coefficient (Wildman–Crippen LogP) is 3.23. The number of hydrogen-bond acceptors (Lipinski definition) is 3. The topological polar surface area (TPSA) is 38.3 Å². The molecule has 0 aliphatic rings. The molecule has 1 rings (SSSR count). The van der Waals surface area contributed by atoms with Crippen LogP contribution in [0.25, 0.3) is 0 Å². The highest BCUT2D eigenvalue weighted by molar-refractivity contribution is 5.76. The highest BCUT2D eigenvalue weighted by Gasteiger charge is 2.20. The molecule has 0 aliphatic carbocycles. The molecule has 106 valence electrons. The van der Waals surface area contributed by atoms with Crippen molar-refractivity contribution in [2.24, 2.45) is 0 Å². The van der Waals surface area contributed by atoms with E-state index in [0.29, 0.717) is 6.42 Å². The van der Waals surface area contributed by atoms with Crippen molar-refractivity contribution in [3.05, 3.63) is 29.3 Å². The van der Waals surface area contributed by atoms with Crippen LogP contribution < -0.4 is 10.1 Å². The Kier molecular flexibility index (Phi) is 5.12. The van der Waals surface area contributed by atoms with Gasteiger partial charge in [0.15, 0.2) is 0 Å². The monoisotopic (exact) mass is 263 g/mol.